The number of esters is 1. The number of carbonyl (C=O) groups excluding carboxylic acids is 1. The number of anilines is 1. The van der Waals surface area contributed by atoms with Crippen molar-refractivity contribution in [2.24, 2.45) is 0 Å². The molecule has 2 aromatic carbocycles. The molecule has 0 fully saturated rings. The van der Waals surface area contributed by atoms with Crippen molar-refractivity contribution < 1.29 is 18.7 Å². The third-order valence-electron chi connectivity index (χ3n) is 5.50. The van der Waals surface area contributed by atoms with E-state index in [1.807, 2.05) is 65.8 Å². The summed E-state index contributed by atoms with van der Waals surface area (Å²) in [6, 6.07) is 14.9. The van der Waals surface area contributed by atoms with Gasteiger partial charge in [-0.3, -0.25) is 4.79 Å². The maximum atomic E-state index is 14.5. The van der Waals surface area contributed by atoms with Gasteiger partial charge in [0.25, 0.3) is 0 Å². The molecule has 0 spiro atoms. The van der Waals surface area contributed by atoms with Crippen LogP contribution in [0.5, 0.6) is 0 Å². The van der Waals surface area contributed by atoms with Crippen LogP contribution in [0.3, 0.4) is 0 Å². The number of thioether (sulfide) groups is 1. The molecule has 0 aliphatic heterocycles. The van der Waals surface area contributed by atoms with Crippen molar-refractivity contribution in [2.75, 3.05) is 25.2 Å². The first-order valence-corrected chi connectivity index (χ1v) is 13.0. The summed E-state index contributed by atoms with van der Waals surface area (Å²) in [4.78, 5) is 24.5. The van der Waals surface area contributed by atoms with E-state index in [-0.39, 0.29) is 11.8 Å². The number of hydrogen-bond donors (Lipinski definition) is 0. The third kappa shape index (κ3) is 8.27. The van der Waals surface area contributed by atoms with Crippen LogP contribution in [-0.4, -0.2) is 46.5 Å². The van der Waals surface area contributed by atoms with Gasteiger partial charge in [-0.05, 0) is 71.4 Å². The highest BCUT2D eigenvalue weighted by molar-refractivity contribution is 8.01. The van der Waals surface area contributed by atoms with E-state index in [0.29, 0.717) is 36.8 Å². The van der Waals surface area contributed by atoms with Gasteiger partial charge in [-0.1, -0.05) is 23.8 Å². The summed E-state index contributed by atoms with van der Waals surface area (Å²) in [5.74, 6) is 0.123. The van der Waals surface area contributed by atoms with Crippen molar-refractivity contribution in [3.05, 3.63) is 71.8 Å². The van der Waals surface area contributed by atoms with E-state index < -0.39 is 10.3 Å². The fraction of sp³-hybridized carbons (Fsp3) is 0.414. The SMILES string of the molecule is COCCN(Cc1ccc(SC(C)(C)C(=O)OC(C)(C)C)cc1)c1cc(-c2cc(C)ccc2F)ncn1. The molecule has 0 amide bonds. The summed E-state index contributed by atoms with van der Waals surface area (Å²) in [5.41, 5.74) is 2.48. The minimum atomic E-state index is -0.721. The van der Waals surface area contributed by atoms with E-state index in [1.54, 1.807) is 25.3 Å². The Kier molecular flexibility index (Phi) is 9.31. The molecular weight excluding hydrogens is 489 g/mol. The highest BCUT2D eigenvalue weighted by Crippen LogP contribution is 2.35. The lowest BCUT2D eigenvalue weighted by Gasteiger charge is -2.28. The van der Waals surface area contributed by atoms with E-state index >= 15 is 0 Å². The number of halogens is 1. The van der Waals surface area contributed by atoms with Crippen molar-refractivity contribution >= 4 is 23.5 Å². The second-order valence-electron chi connectivity index (χ2n) is 10.4. The van der Waals surface area contributed by atoms with Crippen molar-refractivity contribution in [1.29, 1.82) is 0 Å². The number of rotatable bonds is 10. The van der Waals surface area contributed by atoms with Crippen LogP contribution in [-0.2, 0) is 20.8 Å². The minimum absolute atomic E-state index is 0.246. The molecule has 0 bridgehead atoms. The molecule has 6 nitrogen and oxygen atoms in total. The Hall–Kier alpha value is -2.97. The van der Waals surface area contributed by atoms with E-state index in [1.165, 1.54) is 24.2 Å². The molecule has 0 atom stereocenters. The highest BCUT2D eigenvalue weighted by atomic mass is 32.2. The summed E-state index contributed by atoms with van der Waals surface area (Å²) in [5, 5.41) is 0. The van der Waals surface area contributed by atoms with Crippen molar-refractivity contribution in [1.82, 2.24) is 9.97 Å². The average Bonchev–Trinajstić information content (AvgIpc) is 2.83. The van der Waals surface area contributed by atoms with E-state index in [0.717, 1.165) is 16.0 Å². The molecule has 0 aliphatic carbocycles. The topological polar surface area (TPSA) is 64.5 Å². The maximum absolute atomic E-state index is 14.5. The van der Waals surface area contributed by atoms with Crippen LogP contribution in [0.2, 0.25) is 0 Å². The zero-order valence-corrected chi connectivity index (χ0v) is 23.5. The van der Waals surface area contributed by atoms with Gasteiger partial charge in [0, 0.05) is 36.7 Å². The van der Waals surface area contributed by atoms with Crippen LogP contribution in [0.15, 0.2) is 59.8 Å². The van der Waals surface area contributed by atoms with E-state index in [9.17, 15) is 9.18 Å². The van der Waals surface area contributed by atoms with E-state index in [2.05, 4.69) is 14.9 Å². The van der Waals surface area contributed by atoms with Crippen LogP contribution in [0.4, 0.5) is 10.2 Å². The first-order valence-electron chi connectivity index (χ1n) is 12.2. The second-order valence-corrected chi connectivity index (χ2v) is 12.1. The highest BCUT2D eigenvalue weighted by Gasteiger charge is 2.33. The van der Waals surface area contributed by atoms with Gasteiger partial charge >= 0.3 is 5.97 Å². The zero-order chi connectivity index (χ0) is 27.2. The van der Waals surface area contributed by atoms with Crippen molar-refractivity contribution in [3.63, 3.8) is 0 Å². The van der Waals surface area contributed by atoms with Crippen LogP contribution in [0.1, 0.15) is 45.7 Å². The third-order valence-corrected chi connectivity index (χ3v) is 6.68. The predicted octanol–water partition coefficient (Wildman–Crippen LogP) is 6.46. The lowest BCUT2D eigenvalue weighted by Crippen LogP contribution is -2.36. The lowest BCUT2D eigenvalue weighted by atomic mass is 10.1. The van der Waals surface area contributed by atoms with Crippen molar-refractivity contribution in [2.45, 2.75) is 63.3 Å². The van der Waals surface area contributed by atoms with Gasteiger partial charge in [0.05, 0.1) is 12.3 Å². The Bertz CT molecular complexity index is 1210. The quantitative estimate of drug-likeness (QED) is 0.222. The molecule has 8 heteroatoms. The number of hydrogen-bond acceptors (Lipinski definition) is 7. The monoisotopic (exact) mass is 525 g/mol. The molecule has 1 aromatic heterocycles. The molecular formula is C29H36FN3O3S. The van der Waals surface area contributed by atoms with Crippen LogP contribution >= 0.6 is 11.8 Å². The van der Waals surface area contributed by atoms with Gasteiger partial charge in [0.2, 0.25) is 0 Å². The molecule has 37 heavy (non-hydrogen) atoms. The number of nitrogens with zero attached hydrogens (tertiary/aromatic N) is 3. The summed E-state index contributed by atoms with van der Waals surface area (Å²) < 4.78 is 24.7. The van der Waals surface area contributed by atoms with Crippen LogP contribution in [0.25, 0.3) is 11.3 Å². The average molecular weight is 526 g/mol. The first-order chi connectivity index (χ1) is 17.4. The van der Waals surface area contributed by atoms with Gasteiger partial charge in [-0.15, -0.1) is 11.8 Å². The molecule has 198 valence electrons. The fourth-order valence-electron chi connectivity index (χ4n) is 3.60. The Morgan fingerprint density at radius 3 is 2.38 bits per heavy atom. The minimum Gasteiger partial charge on any atom is -0.459 e. The number of ether oxygens (including phenoxy) is 2. The lowest BCUT2D eigenvalue weighted by molar-refractivity contribution is -0.156. The molecule has 3 aromatic rings. The zero-order valence-electron chi connectivity index (χ0n) is 22.7. The number of carbonyl (C=O) groups is 1. The fourth-order valence-corrected chi connectivity index (χ4v) is 4.59. The Morgan fingerprint density at radius 2 is 1.73 bits per heavy atom. The Morgan fingerprint density at radius 1 is 1.03 bits per heavy atom. The van der Waals surface area contributed by atoms with Gasteiger partial charge in [-0.2, -0.15) is 0 Å². The standard InChI is InChI=1S/C29H36FN3O3S/c1-20-8-13-24(30)23(16-20)25-17-26(32-19-31-25)33(14-15-35-7)18-21-9-11-22(12-10-21)37-29(5,6)27(34)36-28(2,3)4/h8-13,16-17,19H,14-15,18H2,1-7H3. The first kappa shape index (κ1) is 28.6. The molecule has 0 aliphatic rings. The molecule has 0 unspecified atom stereocenters. The summed E-state index contributed by atoms with van der Waals surface area (Å²) in [6.45, 7) is 13.0. The van der Waals surface area contributed by atoms with Gasteiger partial charge in [-0.25, -0.2) is 14.4 Å². The number of aryl methyl sites for hydroxylation is 1. The number of benzene rings is 2. The maximum Gasteiger partial charge on any atom is 0.322 e. The number of aromatic nitrogens is 2. The Labute approximate surface area is 223 Å². The molecule has 1 heterocycles. The van der Waals surface area contributed by atoms with Gasteiger partial charge < -0.3 is 14.4 Å². The summed E-state index contributed by atoms with van der Waals surface area (Å²) >= 11 is 1.47. The Balaban J connectivity index is 1.78. The molecule has 0 saturated heterocycles. The predicted molar refractivity (Wildman–Crippen MR) is 147 cm³/mol. The molecule has 3 rings (SSSR count). The van der Waals surface area contributed by atoms with Gasteiger partial charge in [0.1, 0.15) is 28.3 Å². The number of methoxy groups -OCH3 is 1. The van der Waals surface area contributed by atoms with E-state index in [4.69, 9.17) is 9.47 Å². The van der Waals surface area contributed by atoms with Gasteiger partial charge in [0.15, 0.2) is 0 Å². The molecule has 0 saturated carbocycles. The van der Waals surface area contributed by atoms with Crippen LogP contribution in [0, 0.1) is 12.7 Å². The normalized spacial score (nSPS) is 11.9. The summed E-state index contributed by atoms with van der Waals surface area (Å²) in [6.07, 6.45) is 1.46. The summed E-state index contributed by atoms with van der Waals surface area (Å²) in [7, 11) is 1.66. The molecule has 0 N–H and O–H groups in total. The molecule has 0 radical (unpaired) electrons. The largest absolute Gasteiger partial charge is 0.459 e. The van der Waals surface area contributed by atoms with Crippen LogP contribution < -0.4 is 4.90 Å². The second kappa shape index (κ2) is 12.0. The smallest absolute Gasteiger partial charge is 0.322 e. The van der Waals surface area contributed by atoms with Crippen molar-refractivity contribution in [3.8, 4) is 11.3 Å².